The molecule has 0 radical (unpaired) electrons. The Morgan fingerprint density at radius 2 is 1.56 bits per heavy atom. The maximum atomic E-state index is 12.2. The summed E-state index contributed by atoms with van der Waals surface area (Å²) in [7, 11) is 0. The minimum atomic E-state index is -0.379. The van der Waals surface area contributed by atoms with E-state index in [2.05, 4.69) is 42.2 Å². The van der Waals surface area contributed by atoms with E-state index in [4.69, 9.17) is 0 Å². The highest BCUT2D eigenvalue weighted by molar-refractivity contribution is 6.52. The van der Waals surface area contributed by atoms with Gasteiger partial charge in [-0.25, -0.2) is 0 Å². The average molecular weight is 364 g/mol. The molecule has 142 valence electrons. The van der Waals surface area contributed by atoms with Gasteiger partial charge in [0.1, 0.15) is 0 Å². The van der Waals surface area contributed by atoms with Crippen molar-refractivity contribution in [1.82, 2.24) is 4.90 Å². The maximum Gasteiger partial charge on any atom is 0.299 e. The molecule has 1 amide bonds. The van der Waals surface area contributed by atoms with Crippen molar-refractivity contribution < 1.29 is 9.59 Å². The smallest absolute Gasteiger partial charge is 0.299 e. The number of amides is 1. The van der Waals surface area contributed by atoms with Crippen molar-refractivity contribution in [3.8, 4) is 0 Å². The summed E-state index contributed by atoms with van der Waals surface area (Å²) in [5.41, 5.74) is 2.67. The fourth-order valence-corrected chi connectivity index (χ4v) is 3.62. The monoisotopic (exact) mass is 364 g/mol. The molecule has 0 spiro atoms. The highest BCUT2D eigenvalue weighted by Gasteiger charge is 2.34. The minimum absolute atomic E-state index is 0.370. The van der Waals surface area contributed by atoms with Crippen LogP contribution in [0, 0.1) is 0 Å². The minimum Gasteiger partial charge on any atom is -0.305 e. The predicted molar refractivity (Wildman–Crippen MR) is 109 cm³/mol. The quantitative estimate of drug-likeness (QED) is 0.466. The van der Waals surface area contributed by atoms with Gasteiger partial charge < -0.3 is 4.90 Å². The molecule has 0 aromatic heterocycles. The number of hydrogen-bond acceptors (Lipinski definition) is 3. The van der Waals surface area contributed by atoms with E-state index in [1.54, 1.807) is 11.0 Å². The van der Waals surface area contributed by atoms with Gasteiger partial charge in [0.15, 0.2) is 0 Å². The van der Waals surface area contributed by atoms with E-state index in [1.807, 2.05) is 18.2 Å². The first-order valence-electron chi connectivity index (χ1n) is 9.92. The summed E-state index contributed by atoms with van der Waals surface area (Å²) in [6.07, 6.45) is 4.30. The topological polar surface area (TPSA) is 40.6 Å². The van der Waals surface area contributed by atoms with E-state index < -0.39 is 0 Å². The number of para-hydroxylation sites is 1. The number of unbranched alkanes of at least 4 members (excludes halogenated alkanes) is 3. The van der Waals surface area contributed by atoms with Gasteiger partial charge in [-0.3, -0.25) is 14.5 Å². The lowest BCUT2D eigenvalue weighted by Gasteiger charge is -2.20. The number of nitrogens with zero attached hydrogens (tertiary/aromatic N) is 2. The largest absolute Gasteiger partial charge is 0.305 e. The lowest BCUT2D eigenvalue weighted by atomic mass is 10.1. The summed E-state index contributed by atoms with van der Waals surface area (Å²) in [6.45, 7) is 5.98. The maximum absolute atomic E-state index is 12.2. The molecule has 4 nitrogen and oxygen atoms in total. The van der Waals surface area contributed by atoms with Crippen LogP contribution in [0.5, 0.6) is 0 Å². The number of ketones is 1. The van der Waals surface area contributed by atoms with Crippen molar-refractivity contribution >= 4 is 17.4 Å². The Bertz CT molecular complexity index is 773. The van der Waals surface area contributed by atoms with Crippen molar-refractivity contribution in [2.75, 3.05) is 24.5 Å². The summed E-state index contributed by atoms with van der Waals surface area (Å²) >= 11 is 0. The number of anilines is 1. The number of benzene rings is 2. The molecule has 0 saturated heterocycles. The molecule has 0 fully saturated rings. The molecule has 2 aromatic carbocycles. The second-order valence-corrected chi connectivity index (χ2v) is 7.07. The molecule has 1 aliphatic rings. The van der Waals surface area contributed by atoms with Crippen molar-refractivity contribution in [3.63, 3.8) is 0 Å². The molecule has 4 heteroatoms. The number of hydrogen-bond donors (Lipinski definition) is 0. The summed E-state index contributed by atoms with van der Waals surface area (Å²) in [4.78, 5) is 28.3. The van der Waals surface area contributed by atoms with E-state index in [0.29, 0.717) is 12.1 Å². The molecule has 0 saturated carbocycles. The Hall–Kier alpha value is -2.46. The summed E-state index contributed by atoms with van der Waals surface area (Å²) in [6, 6.07) is 17.9. The summed E-state index contributed by atoms with van der Waals surface area (Å²) < 4.78 is 0. The van der Waals surface area contributed by atoms with E-state index in [9.17, 15) is 9.59 Å². The molecule has 1 aliphatic heterocycles. The molecule has 0 N–H and O–H groups in total. The molecule has 2 aromatic rings. The number of fused-ring (bicyclic) bond motifs is 1. The lowest BCUT2D eigenvalue weighted by molar-refractivity contribution is -0.114. The SMILES string of the molecule is CCN(CCCCCCN1C(=O)C(=O)c2ccccc21)Cc1ccccc1. The molecule has 1 heterocycles. The normalized spacial score (nSPS) is 13.5. The first-order valence-corrected chi connectivity index (χ1v) is 9.92. The lowest BCUT2D eigenvalue weighted by Crippen LogP contribution is -2.30. The van der Waals surface area contributed by atoms with Crippen LogP contribution >= 0.6 is 0 Å². The van der Waals surface area contributed by atoms with Gasteiger partial charge in [0.05, 0.1) is 11.3 Å². The molecule has 27 heavy (non-hydrogen) atoms. The standard InChI is InChI=1S/C23H28N2O2/c1-2-24(18-19-12-6-5-7-13-19)16-10-3-4-11-17-25-21-15-9-8-14-20(21)22(26)23(25)27/h5-9,12-15H,2-4,10-11,16-18H2,1H3. The van der Waals surface area contributed by atoms with Crippen molar-refractivity contribution in [2.45, 2.75) is 39.2 Å². The molecule has 0 atom stereocenters. The molecular weight excluding hydrogens is 336 g/mol. The third-order valence-electron chi connectivity index (χ3n) is 5.18. The van der Waals surface area contributed by atoms with E-state index in [0.717, 1.165) is 51.0 Å². The zero-order chi connectivity index (χ0) is 19.1. The van der Waals surface area contributed by atoms with Gasteiger partial charge in [0, 0.05) is 13.1 Å². The van der Waals surface area contributed by atoms with Gasteiger partial charge in [-0.05, 0) is 43.6 Å². The second-order valence-electron chi connectivity index (χ2n) is 7.07. The first-order chi connectivity index (χ1) is 13.2. The van der Waals surface area contributed by atoms with Crippen LogP contribution in [0.1, 0.15) is 48.5 Å². The Labute approximate surface area is 161 Å². The van der Waals surface area contributed by atoms with Crippen LogP contribution in [0.2, 0.25) is 0 Å². The van der Waals surface area contributed by atoms with Crippen LogP contribution in [0.25, 0.3) is 0 Å². The summed E-state index contributed by atoms with van der Waals surface area (Å²) in [5, 5.41) is 0. The van der Waals surface area contributed by atoms with Crippen molar-refractivity contribution in [3.05, 3.63) is 65.7 Å². The number of carbonyl (C=O) groups is 2. The molecular formula is C23H28N2O2. The Kier molecular flexibility index (Phi) is 6.77. The second kappa shape index (κ2) is 9.47. The van der Waals surface area contributed by atoms with Gasteiger partial charge in [-0.1, -0.05) is 62.2 Å². The van der Waals surface area contributed by atoms with Crippen molar-refractivity contribution in [2.24, 2.45) is 0 Å². The Morgan fingerprint density at radius 1 is 0.852 bits per heavy atom. The molecule has 0 bridgehead atoms. The van der Waals surface area contributed by atoms with Gasteiger partial charge in [0.25, 0.3) is 11.7 Å². The number of rotatable bonds is 10. The van der Waals surface area contributed by atoms with Crippen LogP contribution in [-0.4, -0.2) is 36.2 Å². The zero-order valence-electron chi connectivity index (χ0n) is 16.1. The highest BCUT2D eigenvalue weighted by atomic mass is 16.2. The van der Waals surface area contributed by atoms with Crippen LogP contribution in [0.15, 0.2) is 54.6 Å². The third kappa shape index (κ3) is 4.83. The molecule has 0 aliphatic carbocycles. The molecule has 3 rings (SSSR count). The highest BCUT2D eigenvalue weighted by Crippen LogP contribution is 2.28. The van der Waals surface area contributed by atoms with Crippen LogP contribution in [0.3, 0.4) is 0 Å². The first kappa shape index (κ1) is 19.3. The molecule has 0 unspecified atom stereocenters. The van der Waals surface area contributed by atoms with Crippen LogP contribution in [0.4, 0.5) is 5.69 Å². The van der Waals surface area contributed by atoms with Gasteiger partial charge >= 0.3 is 0 Å². The van der Waals surface area contributed by atoms with Crippen LogP contribution < -0.4 is 4.90 Å². The van der Waals surface area contributed by atoms with Crippen molar-refractivity contribution in [1.29, 1.82) is 0 Å². The van der Waals surface area contributed by atoms with Gasteiger partial charge in [0.2, 0.25) is 0 Å². The fraction of sp³-hybridized carbons (Fsp3) is 0.391. The average Bonchev–Trinajstić information content (AvgIpc) is 2.95. The van der Waals surface area contributed by atoms with E-state index >= 15 is 0 Å². The number of carbonyl (C=O) groups excluding carboxylic acids is 2. The third-order valence-corrected chi connectivity index (χ3v) is 5.18. The predicted octanol–water partition coefficient (Wildman–Crippen LogP) is 4.30. The van der Waals surface area contributed by atoms with E-state index in [-0.39, 0.29) is 11.7 Å². The number of Topliss-reactive ketones (excluding diaryl/α,β-unsaturated/α-hetero) is 1. The van der Waals surface area contributed by atoms with Crippen LogP contribution in [-0.2, 0) is 11.3 Å². The Balaban J connectivity index is 1.37. The Morgan fingerprint density at radius 3 is 2.33 bits per heavy atom. The van der Waals surface area contributed by atoms with Gasteiger partial charge in [-0.15, -0.1) is 0 Å². The zero-order valence-corrected chi connectivity index (χ0v) is 16.1. The fourth-order valence-electron chi connectivity index (χ4n) is 3.62. The van der Waals surface area contributed by atoms with E-state index in [1.165, 1.54) is 5.56 Å². The van der Waals surface area contributed by atoms with Gasteiger partial charge in [-0.2, -0.15) is 0 Å². The summed E-state index contributed by atoms with van der Waals surface area (Å²) in [5.74, 6) is -0.749.